The number of quaternary nitrogens is 1. The molecule has 2 heterocycles. The third-order valence-electron chi connectivity index (χ3n) is 3.83. The van der Waals surface area contributed by atoms with E-state index in [-0.39, 0.29) is 11.7 Å². The highest BCUT2D eigenvalue weighted by atomic mass is 32.1. The standard InChI is InChI=1S/C19H20FN3OS2/c1-22(2)10-4-11-23(18(24)9-7-15-5-3-12-25-15)19-21-16-8-6-14(20)13-17(16)26-19/h3,5-9,12-13H,4,10-11H2,1-2H3/p+1/b9-7+. The molecule has 26 heavy (non-hydrogen) atoms. The van der Waals surface area contributed by atoms with Gasteiger partial charge in [0.05, 0.1) is 30.9 Å². The largest absolute Gasteiger partial charge is 0.340 e. The molecule has 2 aromatic heterocycles. The number of halogens is 1. The third kappa shape index (κ3) is 4.75. The summed E-state index contributed by atoms with van der Waals surface area (Å²) in [6.07, 6.45) is 4.27. The lowest BCUT2D eigenvalue weighted by Crippen LogP contribution is -3.05. The van der Waals surface area contributed by atoms with Gasteiger partial charge in [-0.2, -0.15) is 0 Å². The molecule has 0 radical (unpaired) electrons. The van der Waals surface area contributed by atoms with E-state index in [9.17, 15) is 9.18 Å². The number of amides is 1. The van der Waals surface area contributed by atoms with Crippen molar-refractivity contribution in [3.05, 3.63) is 52.5 Å². The summed E-state index contributed by atoms with van der Waals surface area (Å²) < 4.78 is 14.2. The third-order valence-corrected chi connectivity index (χ3v) is 5.71. The highest BCUT2D eigenvalue weighted by molar-refractivity contribution is 7.22. The molecule has 7 heteroatoms. The second kappa shape index (κ2) is 8.53. The second-order valence-corrected chi connectivity index (χ2v) is 8.25. The molecule has 0 saturated heterocycles. The van der Waals surface area contributed by atoms with Crippen LogP contribution in [0.2, 0.25) is 0 Å². The van der Waals surface area contributed by atoms with E-state index in [1.165, 1.54) is 28.4 Å². The van der Waals surface area contributed by atoms with Gasteiger partial charge in [-0.1, -0.05) is 17.4 Å². The summed E-state index contributed by atoms with van der Waals surface area (Å²) in [5.74, 6) is -0.397. The Kier molecular flexibility index (Phi) is 6.13. The fourth-order valence-electron chi connectivity index (χ4n) is 2.52. The van der Waals surface area contributed by atoms with Crippen molar-refractivity contribution in [2.45, 2.75) is 6.42 Å². The van der Waals surface area contributed by atoms with Gasteiger partial charge < -0.3 is 4.90 Å². The Morgan fingerprint density at radius 3 is 2.92 bits per heavy atom. The Morgan fingerprint density at radius 2 is 2.19 bits per heavy atom. The number of fused-ring (bicyclic) bond motifs is 1. The van der Waals surface area contributed by atoms with Gasteiger partial charge in [-0.15, -0.1) is 11.3 Å². The molecule has 1 N–H and O–H groups in total. The van der Waals surface area contributed by atoms with E-state index in [2.05, 4.69) is 19.1 Å². The Balaban J connectivity index is 1.84. The topological polar surface area (TPSA) is 37.6 Å². The van der Waals surface area contributed by atoms with E-state index in [1.54, 1.807) is 28.4 Å². The summed E-state index contributed by atoms with van der Waals surface area (Å²) in [6, 6.07) is 8.43. The zero-order valence-corrected chi connectivity index (χ0v) is 16.4. The number of carbonyl (C=O) groups excluding carboxylic acids is 1. The molecule has 1 aromatic carbocycles. The van der Waals surface area contributed by atoms with Gasteiger partial charge in [0.25, 0.3) is 5.91 Å². The lowest BCUT2D eigenvalue weighted by atomic mass is 10.3. The monoisotopic (exact) mass is 390 g/mol. The number of benzene rings is 1. The number of nitrogens with zero attached hydrogens (tertiary/aromatic N) is 2. The van der Waals surface area contributed by atoms with Crippen molar-refractivity contribution in [3.8, 4) is 0 Å². The molecule has 136 valence electrons. The molecule has 4 nitrogen and oxygen atoms in total. The van der Waals surface area contributed by atoms with Gasteiger partial charge >= 0.3 is 0 Å². The smallest absolute Gasteiger partial charge is 0.252 e. The lowest BCUT2D eigenvalue weighted by molar-refractivity contribution is -0.858. The van der Waals surface area contributed by atoms with Crippen LogP contribution in [0.15, 0.2) is 41.8 Å². The molecule has 1 amide bonds. The molecule has 0 spiro atoms. The first-order valence-electron chi connectivity index (χ1n) is 8.41. The van der Waals surface area contributed by atoms with Crippen LogP contribution in [0.1, 0.15) is 11.3 Å². The number of anilines is 1. The van der Waals surface area contributed by atoms with Crippen molar-refractivity contribution in [1.29, 1.82) is 0 Å². The summed E-state index contributed by atoms with van der Waals surface area (Å²) in [6.45, 7) is 1.54. The van der Waals surface area contributed by atoms with Crippen molar-refractivity contribution >= 4 is 50.0 Å². The molecule has 3 rings (SSSR count). The molecule has 0 aliphatic carbocycles. The van der Waals surface area contributed by atoms with E-state index >= 15 is 0 Å². The molecule has 0 aliphatic heterocycles. The Morgan fingerprint density at radius 1 is 1.35 bits per heavy atom. The van der Waals surface area contributed by atoms with Crippen LogP contribution in [0.3, 0.4) is 0 Å². The summed E-state index contributed by atoms with van der Waals surface area (Å²) in [5, 5.41) is 2.59. The number of rotatable bonds is 7. The maximum atomic E-state index is 13.5. The fourth-order valence-corrected chi connectivity index (χ4v) is 4.16. The molecule has 0 bridgehead atoms. The maximum Gasteiger partial charge on any atom is 0.252 e. The number of thiophene rings is 1. The van der Waals surface area contributed by atoms with E-state index < -0.39 is 0 Å². The number of aromatic nitrogens is 1. The normalized spacial score (nSPS) is 11.7. The quantitative estimate of drug-likeness (QED) is 0.630. The van der Waals surface area contributed by atoms with Crippen LogP contribution >= 0.6 is 22.7 Å². The minimum Gasteiger partial charge on any atom is -0.340 e. The second-order valence-electron chi connectivity index (χ2n) is 6.26. The highest BCUT2D eigenvalue weighted by Crippen LogP contribution is 2.29. The highest BCUT2D eigenvalue weighted by Gasteiger charge is 2.18. The number of hydrogen-bond donors (Lipinski definition) is 1. The molecular formula is C19H21FN3OS2+. The minimum atomic E-state index is -0.292. The maximum absolute atomic E-state index is 13.5. The van der Waals surface area contributed by atoms with Crippen LogP contribution in [-0.4, -0.2) is 38.1 Å². The SMILES string of the molecule is C[NH+](C)CCCN(C(=O)/C=C/c1cccs1)c1nc2ccc(F)cc2s1. The van der Waals surface area contributed by atoms with Crippen molar-refractivity contribution in [3.63, 3.8) is 0 Å². The van der Waals surface area contributed by atoms with E-state index in [4.69, 9.17) is 0 Å². The first kappa shape index (κ1) is 18.7. The van der Waals surface area contributed by atoms with Crippen LogP contribution < -0.4 is 9.80 Å². The molecule has 3 aromatic rings. The molecule has 0 atom stereocenters. The summed E-state index contributed by atoms with van der Waals surface area (Å²) in [4.78, 5) is 21.4. The van der Waals surface area contributed by atoms with E-state index in [0.29, 0.717) is 17.2 Å². The van der Waals surface area contributed by atoms with Crippen molar-refractivity contribution in [1.82, 2.24) is 4.98 Å². The molecule has 0 unspecified atom stereocenters. The zero-order chi connectivity index (χ0) is 18.5. The Bertz CT molecular complexity index is 903. The van der Waals surface area contributed by atoms with Gasteiger partial charge in [0.2, 0.25) is 0 Å². The van der Waals surface area contributed by atoms with Gasteiger partial charge in [0.1, 0.15) is 5.82 Å². The van der Waals surface area contributed by atoms with Crippen LogP contribution in [0.25, 0.3) is 16.3 Å². The van der Waals surface area contributed by atoms with Crippen molar-refractivity contribution in [2.24, 2.45) is 0 Å². The van der Waals surface area contributed by atoms with Crippen LogP contribution in [0, 0.1) is 5.82 Å². The van der Waals surface area contributed by atoms with Gasteiger partial charge in [-0.3, -0.25) is 9.69 Å². The Hall–Kier alpha value is -2.09. The average Bonchev–Trinajstić information content (AvgIpc) is 3.25. The van der Waals surface area contributed by atoms with Gasteiger partial charge in [-0.25, -0.2) is 9.37 Å². The van der Waals surface area contributed by atoms with Crippen molar-refractivity contribution in [2.75, 3.05) is 32.1 Å². The minimum absolute atomic E-state index is 0.105. The first-order valence-corrected chi connectivity index (χ1v) is 10.1. The summed E-state index contributed by atoms with van der Waals surface area (Å²) >= 11 is 2.93. The molecular weight excluding hydrogens is 369 g/mol. The number of hydrogen-bond acceptors (Lipinski definition) is 4. The van der Waals surface area contributed by atoms with Gasteiger partial charge in [-0.05, 0) is 35.7 Å². The predicted molar refractivity (Wildman–Crippen MR) is 108 cm³/mol. The van der Waals surface area contributed by atoms with Crippen LogP contribution in [0.4, 0.5) is 9.52 Å². The Labute approximate surface area is 160 Å². The number of thiazole rings is 1. The zero-order valence-electron chi connectivity index (χ0n) is 14.7. The number of carbonyl (C=O) groups is 1. The number of nitrogens with one attached hydrogen (secondary N) is 1. The van der Waals surface area contributed by atoms with Gasteiger partial charge in [0, 0.05) is 23.9 Å². The van der Waals surface area contributed by atoms with Crippen LogP contribution in [-0.2, 0) is 4.79 Å². The lowest BCUT2D eigenvalue weighted by Gasteiger charge is -2.18. The van der Waals surface area contributed by atoms with Gasteiger partial charge in [0.15, 0.2) is 5.13 Å². The van der Waals surface area contributed by atoms with E-state index in [0.717, 1.165) is 22.5 Å². The average molecular weight is 391 g/mol. The predicted octanol–water partition coefficient (Wildman–Crippen LogP) is 3.08. The molecule has 0 saturated carbocycles. The van der Waals surface area contributed by atoms with Crippen LogP contribution in [0.5, 0.6) is 0 Å². The van der Waals surface area contributed by atoms with Crippen molar-refractivity contribution < 1.29 is 14.1 Å². The summed E-state index contributed by atoms with van der Waals surface area (Å²) in [7, 11) is 4.17. The first-order chi connectivity index (χ1) is 12.5. The molecule has 0 fully saturated rings. The fraction of sp³-hybridized carbons (Fsp3) is 0.263. The summed E-state index contributed by atoms with van der Waals surface area (Å²) in [5.41, 5.74) is 0.713. The van der Waals surface area contributed by atoms with E-state index in [1.807, 2.05) is 23.6 Å². The molecule has 0 aliphatic rings.